The number of ether oxygens (including phenoxy) is 1. The lowest BCUT2D eigenvalue weighted by molar-refractivity contribution is 0.178. The van der Waals surface area contributed by atoms with Gasteiger partial charge in [-0.2, -0.15) is 0 Å². The number of methoxy groups -OCH3 is 1. The van der Waals surface area contributed by atoms with Crippen molar-refractivity contribution in [2.45, 2.75) is 6.42 Å². The summed E-state index contributed by atoms with van der Waals surface area (Å²) >= 11 is 0. The van der Waals surface area contributed by atoms with Crippen molar-refractivity contribution in [3.05, 3.63) is 30.1 Å². The third kappa shape index (κ3) is 3.20. The van der Waals surface area contributed by atoms with Crippen molar-refractivity contribution in [1.29, 1.82) is 0 Å². The van der Waals surface area contributed by atoms with E-state index in [4.69, 9.17) is 5.73 Å². The van der Waals surface area contributed by atoms with Crippen LogP contribution in [-0.4, -0.2) is 26.3 Å². The Morgan fingerprint density at radius 3 is 2.56 bits per heavy atom. The fraction of sp³-hybridized carbons (Fsp3) is 0.364. The third-order valence-electron chi connectivity index (χ3n) is 2.12. The molecule has 88 valence electrons. The number of halogens is 1. The predicted octanol–water partition coefficient (Wildman–Crippen LogP) is 1.75. The first-order valence-electron chi connectivity index (χ1n) is 5.00. The Kier molecular flexibility index (Phi) is 4.72. The molecule has 1 rings (SSSR count). The van der Waals surface area contributed by atoms with Gasteiger partial charge in [0.15, 0.2) is 0 Å². The second-order valence-corrected chi connectivity index (χ2v) is 3.24. The van der Waals surface area contributed by atoms with Gasteiger partial charge >= 0.3 is 6.09 Å². The maximum Gasteiger partial charge on any atom is 0.413 e. The first kappa shape index (κ1) is 12.4. The van der Waals surface area contributed by atoms with Crippen LogP contribution in [0.3, 0.4) is 0 Å². The van der Waals surface area contributed by atoms with Crippen molar-refractivity contribution in [1.82, 2.24) is 0 Å². The monoisotopic (exact) mass is 226 g/mol. The summed E-state index contributed by atoms with van der Waals surface area (Å²) in [5.41, 5.74) is 5.98. The second-order valence-electron chi connectivity index (χ2n) is 3.24. The molecule has 16 heavy (non-hydrogen) atoms. The van der Waals surface area contributed by atoms with Crippen LogP contribution in [-0.2, 0) is 4.74 Å². The third-order valence-corrected chi connectivity index (χ3v) is 2.12. The van der Waals surface area contributed by atoms with Crippen LogP contribution in [0.2, 0.25) is 0 Å². The fourth-order valence-electron chi connectivity index (χ4n) is 1.31. The normalized spacial score (nSPS) is 9.94. The zero-order valence-corrected chi connectivity index (χ0v) is 9.15. The van der Waals surface area contributed by atoms with Crippen LogP contribution in [0.25, 0.3) is 0 Å². The average molecular weight is 226 g/mol. The van der Waals surface area contributed by atoms with E-state index in [0.29, 0.717) is 25.2 Å². The molecule has 4 nitrogen and oxygen atoms in total. The van der Waals surface area contributed by atoms with Crippen LogP contribution in [0.4, 0.5) is 14.9 Å². The number of rotatable bonds is 4. The maximum absolute atomic E-state index is 12.7. The summed E-state index contributed by atoms with van der Waals surface area (Å²) in [6.07, 6.45) is 0.187. The molecule has 1 aromatic carbocycles. The van der Waals surface area contributed by atoms with Crippen LogP contribution in [0.1, 0.15) is 6.42 Å². The molecule has 0 aliphatic heterocycles. The fourth-order valence-corrected chi connectivity index (χ4v) is 1.31. The molecule has 2 N–H and O–H groups in total. The summed E-state index contributed by atoms with van der Waals surface area (Å²) in [5, 5.41) is 0. The Balaban J connectivity index is 2.82. The molecule has 0 bridgehead atoms. The van der Waals surface area contributed by atoms with Crippen molar-refractivity contribution < 1.29 is 13.9 Å². The quantitative estimate of drug-likeness (QED) is 0.850. The molecule has 1 amide bonds. The number of nitrogens with two attached hydrogens (primary N) is 1. The number of carbonyl (C=O) groups excluding carboxylic acids is 1. The van der Waals surface area contributed by atoms with Gasteiger partial charge in [0.05, 0.1) is 7.11 Å². The summed E-state index contributed by atoms with van der Waals surface area (Å²) in [6, 6.07) is 5.66. The minimum atomic E-state index is -0.472. The number of benzene rings is 1. The largest absolute Gasteiger partial charge is 0.452 e. The lowest BCUT2D eigenvalue weighted by Crippen LogP contribution is -2.32. The number of nitrogens with zero attached hydrogens (tertiary/aromatic N) is 1. The minimum Gasteiger partial charge on any atom is -0.452 e. The van der Waals surface area contributed by atoms with Crippen molar-refractivity contribution in [2.24, 2.45) is 5.73 Å². The van der Waals surface area contributed by atoms with Crippen LogP contribution in [0.5, 0.6) is 0 Å². The molecule has 0 atom stereocenters. The van der Waals surface area contributed by atoms with Gasteiger partial charge in [-0.1, -0.05) is 0 Å². The van der Waals surface area contributed by atoms with E-state index in [-0.39, 0.29) is 5.82 Å². The van der Waals surface area contributed by atoms with Gasteiger partial charge < -0.3 is 10.5 Å². The Morgan fingerprint density at radius 1 is 1.44 bits per heavy atom. The highest BCUT2D eigenvalue weighted by Gasteiger charge is 2.15. The lowest BCUT2D eigenvalue weighted by Gasteiger charge is -2.20. The first-order chi connectivity index (χ1) is 7.69. The van der Waals surface area contributed by atoms with Gasteiger partial charge in [-0.3, -0.25) is 4.90 Å². The molecule has 0 aliphatic carbocycles. The molecular weight excluding hydrogens is 211 g/mol. The molecule has 0 saturated heterocycles. The molecule has 5 heteroatoms. The molecule has 0 aromatic heterocycles. The van der Waals surface area contributed by atoms with E-state index in [1.807, 2.05) is 0 Å². The Hall–Kier alpha value is -1.62. The molecule has 0 saturated carbocycles. The molecular formula is C11H15FN2O2. The van der Waals surface area contributed by atoms with Crippen LogP contribution in [0, 0.1) is 5.82 Å². The predicted molar refractivity (Wildman–Crippen MR) is 59.8 cm³/mol. The molecule has 0 unspecified atom stereocenters. The van der Waals surface area contributed by atoms with Gasteiger partial charge in [0, 0.05) is 12.2 Å². The minimum absolute atomic E-state index is 0.340. The second kappa shape index (κ2) is 6.07. The highest BCUT2D eigenvalue weighted by atomic mass is 19.1. The standard InChI is InChI=1S/C11H15FN2O2/c1-16-11(15)14(8-2-7-13)10-5-3-9(12)4-6-10/h3-6H,2,7-8,13H2,1H3. The van der Waals surface area contributed by atoms with Crippen LogP contribution in [0.15, 0.2) is 24.3 Å². The molecule has 0 heterocycles. The SMILES string of the molecule is COC(=O)N(CCCN)c1ccc(F)cc1. The van der Waals surface area contributed by atoms with Crippen LogP contribution >= 0.6 is 0 Å². The Bertz CT molecular complexity index is 340. The van der Waals surface area contributed by atoms with Gasteiger partial charge in [-0.15, -0.1) is 0 Å². The lowest BCUT2D eigenvalue weighted by atomic mass is 10.2. The van der Waals surface area contributed by atoms with Crippen molar-refractivity contribution in [3.63, 3.8) is 0 Å². The van der Waals surface area contributed by atoms with Gasteiger partial charge in [0.25, 0.3) is 0 Å². The number of carbonyl (C=O) groups is 1. The van der Waals surface area contributed by atoms with E-state index in [2.05, 4.69) is 4.74 Å². The first-order valence-corrected chi connectivity index (χ1v) is 5.00. The summed E-state index contributed by atoms with van der Waals surface area (Å²) in [4.78, 5) is 12.9. The molecule has 0 aliphatic rings. The van der Waals surface area contributed by atoms with Crippen molar-refractivity contribution in [2.75, 3.05) is 25.1 Å². The number of hydrogen-bond acceptors (Lipinski definition) is 3. The Morgan fingerprint density at radius 2 is 2.06 bits per heavy atom. The summed E-state index contributed by atoms with van der Waals surface area (Å²) in [5.74, 6) is -0.340. The van der Waals surface area contributed by atoms with E-state index in [9.17, 15) is 9.18 Å². The maximum atomic E-state index is 12.7. The van der Waals surface area contributed by atoms with Gasteiger partial charge in [0.1, 0.15) is 5.82 Å². The van der Waals surface area contributed by atoms with E-state index in [0.717, 1.165) is 0 Å². The molecule has 0 spiro atoms. The smallest absolute Gasteiger partial charge is 0.413 e. The van der Waals surface area contributed by atoms with E-state index in [1.54, 1.807) is 0 Å². The topological polar surface area (TPSA) is 55.6 Å². The highest BCUT2D eigenvalue weighted by molar-refractivity contribution is 5.87. The van der Waals surface area contributed by atoms with Crippen LogP contribution < -0.4 is 10.6 Å². The van der Waals surface area contributed by atoms with Gasteiger partial charge in [-0.05, 0) is 37.2 Å². The zero-order chi connectivity index (χ0) is 12.0. The van der Waals surface area contributed by atoms with E-state index >= 15 is 0 Å². The van der Waals surface area contributed by atoms with Gasteiger partial charge in [0.2, 0.25) is 0 Å². The highest BCUT2D eigenvalue weighted by Crippen LogP contribution is 2.16. The number of anilines is 1. The Labute approximate surface area is 93.8 Å². The average Bonchev–Trinajstić information content (AvgIpc) is 2.31. The summed E-state index contributed by atoms with van der Waals surface area (Å²) < 4.78 is 17.4. The molecule has 0 fully saturated rings. The number of amides is 1. The van der Waals surface area contributed by atoms with Gasteiger partial charge in [-0.25, -0.2) is 9.18 Å². The number of hydrogen-bond donors (Lipinski definition) is 1. The molecule has 1 aromatic rings. The van der Waals surface area contributed by atoms with E-state index in [1.165, 1.54) is 36.3 Å². The zero-order valence-electron chi connectivity index (χ0n) is 9.15. The van der Waals surface area contributed by atoms with Crippen molar-refractivity contribution in [3.8, 4) is 0 Å². The van der Waals surface area contributed by atoms with E-state index < -0.39 is 6.09 Å². The summed E-state index contributed by atoms with van der Waals surface area (Å²) in [6.45, 7) is 0.934. The summed E-state index contributed by atoms with van der Waals surface area (Å²) in [7, 11) is 1.31. The molecule has 0 radical (unpaired) electrons. The van der Waals surface area contributed by atoms with Crippen molar-refractivity contribution >= 4 is 11.8 Å².